The van der Waals surface area contributed by atoms with Crippen molar-refractivity contribution in [1.82, 2.24) is 9.78 Å². The summed E-state index contributed by atoms with van der Waals surface area (Å²) in [6, 6.07) is 12.0. The molecular formula is C15H19N3OS. The first kappa shape index (κ1) is 14.7. The second-order valence-electron chi connectivity index (χ2n) is 5.54. The summed E-state index contributed by atoms with van der Waals surface area (Å²) in [4.78, 5) is 0. The molecule has 0 aliphatic rings. The topological polar surface area (TPSA) is 47.2 Å². The van der Waals surface area contributed by atoms with Gasteiger partial charge in [0, 0.05) is 7.05 Å². The van der Waals surface area contributed by atoms with Crippen LogP contribution in [0.2, 0.25) is 0 Å². The quantitative estimate of drug-likeness (QED) is 0.816. The van der Waals surface area contributed by atoms with E-state index in [9.17, 15) is 4.21 Å². The van der Waals surface area contributed by atoms with Crippen LogP contribution in [0.15, 0.2) is 40.8 Å². The Morgan fingerprint density at radius 2 is 1.90 bits per heavy atom. The zero-order chi connectivity index (χ0) is 14.8. The Hall–Kier alpha value is -1.75. The molecule has 1 unspecified atom stereocenters. The largest absolute Gasteiger partial charge is 0.267 e. The zero-order valence-corrected chi connectivity index (χ0v) is 13.0. The third-order valence-corrected chi connectivity index (χ3v) is 4.12. The molecule has 1 aromatic carbocycles. The van der Waals surface area contributed by atoms with Gasteiger partial charge < -0.3 is 0 Å². The van der Waals surface area contributed by atoms with E-state index in [1.54, 1.807) is 10.9 Å². The van der Waals surface area contributed by atoms with Crippen LogP contribution in [0.5, 0.6) is 0 Å². The predicted octanol–water partition coefficient (Wildman–Crippen LogP) is 2.97. The van der Waals surface area contributed by atoms with E-state index in [-0.39, 0.29) is 4.75 Å². The Kier molecular flexibility index (Phi) is 4.18. The van der Waals surface area contributed by atoms with Crippen LogP contribution >= 0.6 is 0 Å². The molecule has 1 aromatic heterocycles. The van der Waals surface area contributed by atoms with Crippen molar-refractivity contribution in [3.05, 3.63) is 42.1 Å². The number of rotatable bonds is 3. The highest BCUT2D eigenvalue weighted by atomic mass is 32.2. The molecule has 0 aliphatic carbocycles. The number of benzene rings is 1. The molecule has 5 heteroatoms. The third-order valence-electron chi connectivity index (χ3n) is 2.77. The molecule has 0 amide bonds. The Morgan fingerprint density at radius 1 is 1.25 bits per heavy atom. The maximum atomic E-state index is 11.9. The van der Waals surface area contributed by atoms with E-state index in [1.807, 2.05) is 64.2 Å². The smallest absolute Gasteiger partial charge is 0.144 e. The van der Waals surface area contributed by atoms with Crippen LogP contribution in [-0.2, 0) is 18.0 Å². The van der Waals surface area contributed by atoms with E-state index in [1.165, 1.54) is 0 Å². The van der Waals surface area contributed by atoms with Gasteiger partial charge in [0.2, 0.25) is 0 Å². The van der Waals surface area contributed by atoms with Gasteiger partial charge in [0.1, 0.15) is 16.7 Å². The van der Waals surface area contributed by atoms with Gasteiger partial charge in [0.25, 0.3) is 0 Å². The summed E-state index contributed by atoms with van der Waals surface area (Å²) in [6.07, 6.45) is 1.58. The lowest BCUT2D eigenvalue weighted by Gasteiger charge is -2.12. The van der Waals surface area contributed by atoms with Gasteiger partial charge in [0.05, 0.1) is 16.7 Å². The van der Waals surface area contributed by atoms with Crippen LogP contribution < -0.4 is 0 Å². The lowest BCUT2D eigenvalue weighted by atomic mass is 10.1. The van der Waals surface area contributed by atoms with E-state index in [2.05, 4.69) is 9.50 Å². The van der Waals surface area contributed by atoms with Crippen molar-refractivity contribution >= 4 is 17.2 Å². The fraction of sp³-hybridized carbons (Fsp3) is 0.333. The summed E-state index contributed by atoms with van der Waals surface area (Å²) < 4.78 is 17.4. The molecule has 2 aromatic rings. The Morgan fingerprint density at radius 3 is 2.50 bits per heavy atom. The van der Waals surface area contributed by atoms with Crippen LogP contribution in [-0.4, -0.2) is 25.0 Å². The fourth-order valence-electron chi connectivity index (χ4n) is 1.69. The standard InChI is InChI=1S/C15H19N3OS/c1-15(2,3)20(19)16-11-13-10-14(18(4)17-13)12-8-6-5-7-9-12/h5-11H,1-4H3/b16-11+. The molecule has 106 valence electrons. The maximum absolute atomic E-state index is 11.9. The van der Waals surface area contributed by atoms with E-state index in [0.717, 1.165) is 11.3 Å². The number of hydrogen-bond acceptors (Lipinski definition) is 2. The van der Waals surface area contributed by atoms with Crippen molar-refractivity contribution in [1.29, 1.82) is 0 Å². The minimum absolute atomic E-state index is 0.354. The van der Waals surface area contributed by atoms with E-state index in [0.29, 0.717) is 5.69 Å². The number of aromatic nitrogens is 2. The van der Waals surface area contributed by atoms with Crippen LogP contribution in [0.25, 0.3) is 11.3 Å². The number of hydrogen-bond donors (Lipinski definition) is 0. The second kappa shape index (κ2) is 5.71. The van der Waals surface area contributed by atoms with Gasteiger partial charge in [-0.3, -0.25) is 4.68 Å². The number of nitrogens with zero attached hydrogens (tertiary/aromatic N) is 3. The first-order chi connectivity index (χ1) is 9.38. The molecule has 2 rings (SSSR count). The molecule has 0 spiro atoms. The molecule has 20 heavy (non-hydrogen) atoms. The monoisotopic (exact) mass is 289 g/mol. The first-order valence-corrected chi connectivity index (χ1v) is 7.54. The van der Waals surface area contributed by atoms with Crippen LogP contribution in [0.3, 0.4) is 0 Å². The SMILES string of the molecule is Cn1nc(/C=N/S(=O)C(C)(C)C)cc1-c1ccccc1. The van der Waals surface area contributed by atoms with Gasteiger partial charge in [-0.25, -0.2) is 4.21 Å². The average Bonchev–Trinajstić information content (AvgIpc) is 2.77. The van der Waals surface area contributed by atoms with Crippen molar-refractivity contribution in [2.45, 2.75) is 25.5 Å². The van der Waals surface area contributed by atoms with Crippen molar-refractivity contribution in [3.63, 3.8) is 0 Å². The van der Waals surface area contributed by atoms with Crippen molar-refractivity contribution in [2.75, 3.05) is 0 Å². The molecule has 0 saturated carbocycles. The zero-order valence-electron chi connectivity index (χ0n) is 12.2. The molecule has 0 saturated heterocycles. The van der Waals surface area contributed by atoms with Gasteiger partial charge in [-0.15, -0.1) is 0 Å². The Labute approximate surface area is 122 Å². The molecule has 1 atom stereocenters. The van der Waals surface area contributed by atoms with Crippen LogP contribution in [0, 0.1) is 0 Å². The van der Waals surface area contributed by atoms with Gasteiger partial charge in [-0.05, 0) is 32.4 Å². The molecule has 0 aliphatic heterocycles. The van der Waals surface area contributed by atoms with Gasteiger partial charge in [-0.1, -0.05) is 30.3 Å². The lowest BCUT2D eigenvalue weighted by Crippen LogP contribution is -2.19. The molecule has 1 heterocycles. The van der Waals surface area contributed by atoms with Crippen LogP contribution in [0.1, 0.15) is 26.5 Å². The Balaban J connectivity index is 2.25. The third kappa shape index (κ3) is 3.42. The summed E-state index contributed by atoms with van der Waals surface area (Å²) in [5, 5.41) is 4.37. The number of aryl methyl sites for hydroxylation is 1. The highest BCUT2D eigenvalue weighted by Gasteiger charge is 2.18. The highest BCUT2D eigenvalue weighted by molar-refractivity contribution is 7.85. The van der Waals surface area contributed by atoms with E-state index < -0.39 is 11.0 Å². The lowest BCUT2D eigenvalue weighted by molar-refractivity contribution is 0.651. The summed E-state index contributed by atoms with van der Waals surface area (Å²) in [5.74, 6) is 0. The molecule has 0 radical (unpaired) electrons. The van der Waals surface area contributed by atoms with E-state index in [4.69, 9.17) is 0 Å². The normalized spacial score (nSPS) is 13.8. The second-order valence-corrected chi connectivity index (χ2v) is 7.47. The maximum Gasteiger partial charge on any atom is 0.144 e. The Bertz CT molecular complexity index is 639. The molecular weight excluding hydrogens is 270 g/mol. The molecule has 4 nitrogen and oxygen atoms in total. The summed E-state index contributed by atoms with van der Waals surface area (Å²) in [7, 11) is 0.630. The van der Waals surface area contributed by atoms with Gasteiger partial charge >= 0.3 is 0 Å². The summed E-state index contributed by atoms with van der Waals surface area (Å²) in [6.45, 7) is 5.69. The minimum Gasteiger partial charge on any atom is -0.267 e. The van der Waals surface area contributed by atoms with Crippen molar-refractivity contribution in [3.8, 4) is 11.3 Å². The van der Waals surface area contributed by atoms with Crippen molar-refractivity contribution in [2.24, 2.45) is 11.4 Å². The van der Waals surface area contributed by atoms with Crippen LogP contribution in [0.4, 0.5) is 0 Å². The summed E-state index contributed by atoms with van der Waals surface area (Å²) >= 11 is 0. The molecule has 0 N–H and O–H groups in total. The van der Waals surface area contributed by atoms with Crippen molar-refractivity contribution < 1.29 is 4.21 Å². The average molecular weight is 289 g/mol. The van der Waals surface area contributed by atoms with E-state index >= 15 is 0 Å². The summed E-state index contributed by atoms with van der Waals surface area (Å²) in [5.41, 5.74) is 2.82. The first-order valence-electron chi connectivity index (χ1n) is 6.43. The highest BCUT2D eigenvalue weighted by Crippen LogP contribution is 2.19. The molecule has 0 fully saturated rings. The van der Waals surface area contributed by atoms with Gasteiger partial charge in [0.15, 0.2) is 0 Å². The fourth-order valence-corrected chi connectivity index (χ4v) is 2.21. The minimum atomic E-state index is -1.26. The predicted molar refractivity (Wildman–Crippen MR) is 84.1 cm³/mol. The molecule has 0 bridgehead atoms. The van der Waals surface area contributed by atoms with Gasteiger partial charge in [-0.2, -0.15) is 9.50 Å².